The summed E-state index contributed by atoms with van der Waals surface area (Å²) in [6.45, 7) is 2.06. The predicted molar refractivity (Wildman–Crippen MR) is 53.9 cm³/mol. The van der Waals surface area contributed by atoms with E-state index in [0.717, 1.165) is 19.3 Å². The highest BCUT2D eigenvalue weighted by Crippen LogP contribution is 2.08. The first kappa shape index (κ1) is 11.4. The van der Waals surface area contributed by atoms with Crippen molar-refractivity contribution in [2.75, 3.05) is 7.11 Å². The number of carbonyl (C=O) groups is 2. The Labute approximate surface area is 87.9 Å². The summed E-state index contributed by atoms with van der Waals surface area (Å²) >= 11 is 0. The van der Waals surface area contributed by atoms with Gasteiger partial charge in [-0.15, -0.1) is 0 Å². The molecule has 0 atom stereocenters. The van der Waals surface area contributed by atoms with Gasteiger partial charge < -0.3 is 9.72 Å². The molecule has 0 amide bonds. The third kappa shape index (κ3) is 2.65. The van der Waals surface area contributed by atoms with Gasteiger partial charge in [-0.3, -0.25) is 4.79 Å². The number of methoxy groups -OCH3 is 1. The van der Waals surface area contributed by atoms with Crippen LogP contribution >= 0.6 is 0 Å². The molecule has 0 bridgehead atoms. The van der Waals surface area contributed by atoms with Crippen molar-refractivity contribution >= 4 is 12.3 Å². The highest BCUT2D eigenvalue weighted by molar-refractivity contribution is 5.95. The maximum Gasteiger partial charge on any atom is 0.359 e. The van der Waals surface area contributed by atoms with Gasteiger partial charge in [0, 0.05) is 6.42 Å². The van der Waals surface area contributed by atoms with Crippen LogP contribution in [-0.2, 0) is 11.2 Å². The van der Waals surface area contributed by atoms with E-state index in [1.165, 1.54) is 7.11 Å². The number of carbonyl (C=O) groups excluding carboxylic acids is 2. The van der Waals surface area contributed by atoms with E-state index in [1.807, 2.05) is 0 Å². The van der Waals surface area contributed by atoms with E-state index in [-0.39, 0.29) is 11.4 Å². The molecule has 0 aliphatic rings. The lowest BCUT2D eigenvalue weighted by Gasteiger charge is -1.93. The molecule has 0 radical (unpaired) electrons. The third-order valence-electron chi connectivity index (χ3n) is 2.04. The Kier molecular flexibility index (Phi) is 4.03. The van der Waals surface area contributed by atoms with Crippen LogP contribution in [0.25, 0.3) is 0 Å². The Bertz CT molecular complexity index is 358. The van der Waals surface area contributed by atoms with Crippen LogP contribution in [-0.4, -0.2) is 29.3 Å². The molecule has 0 aliphatic carbocycles. The van der Waals surface area contributed by atoms with E-state index < -0.39 is 5.97 Å². The van der Waals surface area contributed by atoms with Crippen LogP contribution in [0.1, 0.15) is 46.6 Å². The number of esters is 1. The van der Waals surface area contributed by atoms with Gasteiger partial charge in [0.2, 0.25) is 0 Å². The number of aldehydes is 1. The van der Waals surface area contributed by atoms with Gasteiger partial charge in [0.15, 0.2) is 12.0 Å². The molecular weight excluding hydrogens is 196 g/mol. The molecule has 0 aromatic carbocycles. The van der Waals surface area contributed by atoms with E-state index in [4.69, 9.17) is 0 Å². The number of aryl methyl sites for hydroxylation is 1. The second-order valence-corrected chi connectivity index (χ2v) is 3.16. The SMILES string of the molecule is CCCCc1nc(C(=O)OC)c(C=O)[nH]1. The molecule has 0 saturated heterocycles. The first-order chi connectivity index (χ1) is 7.22. The fraction of sp³-hybridized carbons (Fsp3) is 0.500. The molecule has 15 heavy (non-hydrogen) atoms. The van der Waals surface area contributed by atoms with Crippen LogP contribution in [0.4, 0.5) is 0 Å². The zero-order valence-electron chi connectivity index (χ0n) is 8.87. The van der Waals surface area contributed by atoms with Crippen LogP contribution < -0.4 is 0 Å². The average molecular weight is 210 g/mol. The zero-order valence-corrected chi connectivity index (χ0v) is 8.87. The summed E-state index contributed by atoms with van der Waals surface area (Å²) < 4.78 is 4.52. The van der Waals surface area contributed by atoms with Crippen molar-refractivity contribution in [2.24, 2.45) is 0 Å². The summed E-state index contributed by atoms with van der Waals surface area (Å²) in [5.74, 6) is 0.0652. The molecule has 0 fully saturated rings. The van der Waals surface area contributed by atoms with Gasteiger partial charge in [-0.1, -0.05) is 13.3 Å². The van der Waals surface area contributed by atoms with Crippen LogP contribution in [0.5, 0.6) is 0 Å². The minimum Gasteiger partial charge on any atom is -0.464 e. The monoisotopic (exact) mass is 210 g/mol. The summed E-state index contributed by atoms with van der Waals surface area (Å²) in [5, 5.41) is 0. The molecule has 0 aliphatic heterocycles. The number of nitrogens with one attached hydrogen (secondary N) is 1. The Morgan fingerprint density at radius 3 is 2.87 bits per heavy atom. The van der Waals surface area contributed by atoms with Crippen molar-refractivity contribution < 1.29 is 14.3 Å². The maximum absolute atomic E-state index is 11.2. The van der Waals surface area contributed by atoms with Crippen molar-refractivity contribution in [2.45, 2.75) is 26.2 Å². The zero-order chi connectivity index (χ0) is 11.3. The van der Waals surface area contributed by atoms with Gasteiger partial charge in [0.05, 0.1) is 7.11 Å². The number of H-pyrrole nitrogens is 1. The molecule has 0 spiro atoms. The number of aromatic nitrogens is 2. The fourth-order valence-corrected chi connectivity index (χ4v) is 1.24. The summed E-state index contributed by atoms with van der Waals surface area (Å²) in [5.41, 5.74) is 0.256. The number of imidazole rings is 1. The Morgan fingerprint density at radius 1 is 1.60 bits per heavy atom. The number of unbranched alkanes of at least 4 members (excludes halogenated alkanes) is 1. The predicted octanol–water partition coefficient (Wildman–Crippen LogP) is 1.35. The Balaban J connectivity index is 2.90. The minimum absolute atomic E-state index is 0.0682. The first-order valence-electron chi connectivity index (χ1n) is 4.85. The standard InChI is InChI=1S/C10H14N2O3/c1-3-4-5-8-11-7(6-13)9(12-8)10(14)15-2/h6H,3-5H2,1-2H3,(H,11,12). The van der Waals surface area contributed by atoms with E-state index in [1.54, 1.807) is 0 Å². The van der Waals surface area contributed by atoms with Gasteiger partial charge in [0.25, 0.3) is 0 Å². The molecule has 5 heteroatoms. The number of rotatable bonds is 5. The normalized spacial score (nSPS) is 10.0. The van der Waals surface area contributed by atoms with Crippen LogP contribution in [0, 0.1) is 0 Å². The van der Waals surface area contributed by atoms with Crippen LogP contribution in [0.2, 0.25) is 0 Å². The molecule has 1 rings (SSSR count). The molecule has 1 heterocycles. The number of hydrogen-bond acceptors (Lipinski definition) is 4. The van der Waals surface area contributed by atoms with Crippen LogP contribution in [0.15, 0.2) is 0 Å². The lowest BCUT2D eigenvalue weighted by molar-refractivity contribution is 0.0592. The van der Waals surface area contributed by atoms with Gasteiger partial charge in [-0.05, 0) is 6.42 Å². The van der Waals surface area contributed by atoms with E-state index in [0.29, 0.717) is 12.1 Å². The van der Waals surface area contributed by atoms with Crippen molar-refractivity contribution in [3.8, 4) is 0 Å². The molecule has 0 saturated carbocycles. The minimum atomic E-state index is -0.587. The van der Waals surface area contributed by atoms with E-state index >= 15 is 0 Å². The molecule has 5 nitrogen and oxygen atoms in total. The third-order valence-corrected chi connectivity index (χ3v) is 2.04. The van der Waals surface area contributed by atoms with Gasteiger partial charge in [0.1, 0.15) is 11.5 Å². The number of nitrogens with zero attached hydrogens (tertiary/aromatic N) is 1. The lowest BCUT2D eigenvalue weighted by atomic mass is 10.2. The van der Waals surface area contributed by atoms with Crippen molar-refractivity contribution in [3.63, 3.8) is 0 Å². The summed E-state index contributed by atoms with van der Waals surface area (Å²) in [7, 11) is 1.26. The van der Waals surface area contributed by atoms with Gasteiger partial charge in [-0.25, -0.2) is 9.78 Å². The Hall–Kier alpha value is -1.65. The topological polar surface area (TPSA) is 72.0 Å². The second kappa shape index (κ2) is 5.29. The molecule has 0 unspecified atom stereocenters. The summed E-state index contributed by atoms with van der Waals surface area (Å²) in [6.07, 6.45) is 3.31. The average Bonchev–Trinajstić information content (AvgIpc) is 2.68. The van der Waals surface area contributed by atoms with E-state index in [2.05, 4.69) is 21.6 Å². The van der Waals surface area contributed by atoms with Gasteiger partial charge >= 0.3 is 5.97 Å². The second-order valence-electron chi connectivity index (χ2n) is 3.16. The number of ether oxygens (including phenoxy) is 1. The lowest BCUT2D eigenvalue weighted by Crippen LogP contribution is -2.05. The summed E-state index contributed by atoms with van der Waals surface area (Å²) in [6, 6.07) is 0. The molecule has 1 N–H and O–H groups in total. The molecule has 1 aromatic rings. The number of hydrogen-bond donors (Lipinski definition) is 1. The quantitative estimate of drug-likeness (QED) is 0.588. The molecule has 1 aromatic heterocycles. The highest BCUT2D eigenvalue weighted by atomic mass is 16.5. The summed E-state index contributed by atoms with van der Waals surface area (Å²) in [4.78, 5) is 28.7. The number of aromatic amines is 1. The van der Waals surface area contributed by atoms with Crippen molar-refractivity contribution in [1.82, 2.24) is 9.97 Å². The molecular formula is C10H14N2O3. The maximum atomic E-state index is 11.2. The van der Waals surface area contributed by atoms with Gasteiger partial charge in [-0.2, -0.15) is 0 Å². The van der Waals surface area contributed by atoms with Crippen molar-refractivity contribution in [3.05, 3.63) is 17.2 Å². The van der Waals surface area contributed by atoms with Crippen LogP contribution in [0.3, 0.4) is 0 Å². The largest absolute Gasteiger partial charge is 0.464 e. The molecule has 82 valence electrons. The Morgan fingerprint density at radius 2 is 2.33 bits per heavy atom. The smallest absolute Gasteiger partial charge is 0.359 e. The van der Waals surface area contributed by atoms with E-state index in [9.17, 15) is 9.59 Å². The highest BCUT2D eigenvalue weighted by Gasteiger charge is 2.17. The fourth-order valence-electron chi connectivity index (χ4n) is 1.24. The first-order valence-corrected chi connectivity index (χ1v) is 4.85. The van der Waals surface area contributed by atoms with Crippen molar-refractivity contribution in [1.29, 1.82) is 0 Å².